The first-order valence-corrected chi connectivity index (χ1v) is 11.4. The molecular formula is C26H26N2O6. The van der Waals surface area contributed by atoms with Crippen LogP contribution < -0.4 is 10.1 Å². The molecule has 4 rings (SSSR count). The van der Waals surface area contributed by atoms with Crippen LogP contribution in [0.25, 0.3) is 0 Å². The number of hydrogen-bond acceptors (Lipinski definition) is 6. The van der Waals surface area contributed by atoms with Gasteiger partial charge in [0.05, 0.1) is 30.4 Å². The second-order valence-electron chi connectivity index (χ2n) is 8.66. The number of benzene rings is 2. The van der Waals surface area contributed by atoms with E-state index in [4.69, 9.17) is 9.47 Å². The maximum absolute atomic E-state index is 13.3. The highest BCUT2D eigenvalue weighted by Gasteiger charge is 2.61. The van der Waals surface area contributed by atoms with E-state index in [0.29, 0.717) is 55.9 Å². The highest BCUT2D eigenvalue weighted by Crippen LogP contribution is 2.61. The van der Waals surface area contributed by atoms with E-state index in [2.05, 4.69) is 11.4 Å². The van der Waals surface area contributed by atoms with Gasteiger partial charge in [-0.2, -0.15) is 5.26 Å². The lowest BCUT2D eigenvalue weighted by Gasteiger charge is -2.27. The number of aromatic carboxylic acids is 1. The molecule has 2 aromatic carbocycles. The van der Waals surface area contributed by atoms with Gasteiger partial charge in [0.25, 0.3) is 0 Å². The van der Waals surface area contributed by atoms with E-state index in [0.717, 1.165) is 11.1 Å². The van der Waals surface area contributed by atoms with E-state index < -0.39 is 11.4 Å². The standard InChI is InChI=1S/C26H26N2O6/c1-2-33-23(29)5-3-4-17-7-6-16(15-27)12-21(17)28-24(30)20-14-26(20)10-11-34-22-9-8-18(25(31)32)13-19(22)26/h6-9,12-13,20H,2-5,10-11,14H2,1H3,(H,28,30)(H,31,32). The Labute approximate surface area is 197 Å². The molecule has 0 radical (unpaired) electrons. The molecule has 2 atom stereocenters. The zero-order valence-corrected chi connectivity index (χ0v) is 18.9. The van der Waals surface area contributed by atoms with Gasteiger partial charge in [-0.25, -0.2) is 4.79 Å². The van der Waals surface area contributed by atoms with Crippen LogP contribution in [0, 0.1) is 17.2 Å². The van der Waals surface area contributed by atoms with Crippen LogP contribution in [0.2, 0.25) is 0 Å². The van der Waals surface area contributed by atoms with Crippen LogP contribution in [0.15, 0.2) is 36.4 Å². The number of hydrogen-bond donors (Lipinski definition) is 2. The molecule has 2 unspecified atom stereocenters. The van der Waals surface area contributed by atoms with Crippen molar-refractivity contribution < 1.29 is 29.0 Å². The van der Waals surface area contributed by atoms with Crippen molar-refractivity contribution >= 4 is 23.5 Å². The van der Waals surface area contributed by atoms with Crippen molar-refractivity contribution in [1.82, 2.24) is 0 Å². The van der Waals surface area contributed by atoms with Crippen molar-refractivity contribution in [3.8, 4) is 11.8 Å². The van der Waals surface area contributed by atoms with Crippen LogP contribution in [0.5, 0.6) is 5.75 Å². The van der Waals surface area contributed by atoms with Crippen molar-refractivity contribution in [2.45, 2.75) is 44.4 Å². The van der Waals surface area contributed by atoms with Gasteiger partial charge in [-0.05, 0) is 68.5 Å². The van der Waals surface area contributed by atoms with Gasteiger partial charge in [-0.1, -0.05) is 6.07 Å². The fraction of sp³-hybridized carbons (Fsp3) is 0.385. The Hall–Kier alpha value is -3.86. The molecule has 8 heteroatoms. The summed E-state index contributed by atoms with van der Waals surface area (Å²) in [6.07, 6.45) is 2.62. The van der Waals surface area contributed by atoms with Crippen LogP contribution in [0.3, 0.4) is 0 Å². The number of anilines is 1. The third-order valence-electron chi connectivity index (χ3n) is 6.59. The Morgan fingerprint density at radius 1 is 1.26 bits per heavy atom. The normalized spacial score (nSPS) is 19.9. The number of esters is 1. The second-order valence-corrected chi connectivity index (χ2v) is 8.66. The van der Waals surface area contributed by atoms with Gasteiger partial charge in [0.1, 0.15) is 5.75 Å². The summed E-state index contributed by atoms with van der Waals surface area (Å²) in [5, 5.41) is 21.7. The first kappa shape index (κ1) is 23.3. The van der Waals surface area contributed by atoms with Crippen LogP contribution in [-0.2, 0) is 26.2 Å². The number of carboxylic acid groups (broad SMARTS) is 1. The average molecular weight is 463 g/mol. The maximum Gasteiger partial charge on any atom is 0.335 e. The van der Waals surface area contributed by atoms with Gasteiger partial charge >= 0.3 is 11.9 Å². The molecule has 8 nitrogen and oxygen atoms in total. The monoisotopic (exact) mass is 462 g/mol. The molecule has 1 spiro atoms. The Morgan fingerprint density at radius 3 is 2.82 bits per heavy atom. The Kier molecular flexibility index (Phi) is 6.55. The molecule has 0 saturated heterocycles. The van der Waals surface area contributed by atoms with Crippen LogP contribution in [0.4, 0.5) is 5.69 Å². The number of nitrogens with zero attached hydrogens (tertiary/aromatic N) is 1. The smallest absolute Gasteiger partial charge is 0.335 e. The van der Waals surface area contributed by atoms with Gasteiger partial charge in [0.2, 0.25) is 5.91 Å². The molecule has 2 aromatic rings. The summed E-state index contributed by atoms with van der Waals surface area (Å²) >= 11 is 0. The van der Waals surface area contributed by atoms with Crippen molar-refractivity contribution in [3.05, 3.63) is 58.7 Å². The lowest BCUT2D eigenvalue weighted by molar-refractivity contribution is -0.143. The SMILES string of the molecule is CCOC(=O)CCCc1ccc(C#N)cc1NC(=O)C1CC12CCOc1ccc(C(=O)O)cc12. The van der Waals surface area contributed by atoms with E-state index in [1.54, 1.807) is 37.3 Å². The summed E-state index contributed by atoms with van der Waals surface area (Å²) in [4.78, 5) is 36.4. The minimum atomic E-state index is -1.02. The first-order chi connectivity index (χ1) is 16.4. The van der Waals surface area contributed by atoms with E-state index in [1.165, 1.54) is 6.07 Å². The van der Waals surface area contributed by atoms with Gasteiger partial charge in [-0.15, -0.1) is 0 Å². The van der Waals surface area contributed by atoms with Crippen LogP contribution in [-0.4, -0.2) is 36.2 Å². The predicted molar refractivity (Wildman–Crippen MR) is 123 cm³/mol. The van der Waals surface area contributed by atoms with E-state index in [1.807, 2.05) is 0 Å². The third kappa shape index (κ3) is 4.60. The maximum atomic E-state index is 13.3. The minimum Gasteiger partial charge on any atom is -0.493 e. The van der Waals surface area contributed by atoms with E-state index >= 15 is 0 Å². The van der Waals surface area contributed by atoms with Crippen LogP contribution in [0.1, 0.15) is 59.7 Å². The number of nitriles is 1. The number of amides is 1. The molecule has 1 saturated carbocycles. The minimum absolute atomic E-state index is 0.167. The van der Waals surface area contributed by atoms with E-state index in [-0.39, 0.29) is 29.8 Å². The fourth-order valence-electron chi connectivity index (χ4n) is 4.74. The Bertz CT molecular complexity index is 1180. The highest BCUT2D eigenvalue weighted by atomic mass is 16.5. The molecule has 1 fully saturated rings. The number of carboxylic acids is 1. The largest absolute Gasteiger partial charge is 0.493 e. The van der Waals surface area contributed by atoms with Gasteiger partial charge in [0, 0.05) is 29.0 Å². The van der Waals surface area contributed by atoms with Crippen molar-refractivity contribution in [2.24, 2.45) is 5.92 Å². The van der Waals surface area contributed by atoms with Crippen molar-refractivity contribution in [1.29, 1.82) is 5.26 Å². The van der Waals surface area contributed by atoms with Crippen LogP contribution >= 0.6 is 0 Å². The molecule has 0 bridgehead atoms. The number of nitrogens with one attached hydrogen (secondary N) is 1. The molecule has 2 aliphatic rings. The second kappa shape index (κ2) is 9.56. The summed E-state index contributed by atoms with van der Waals surface area (Å²) in [5.74, 6) is -1.16. The zero-order chi connectivity index (χ0) is 24.3. The first-order valence-electron chi connectivity index (χ1n) is 11.4. The van der Waals surface area contributed by atoms with Crippen molar-refractivity contribution in [2.75, 3.05) is 18.5 Å². The van der Waals surface area contributed by atoms with Crippen molar-refractivity contribution in [3.63, 3.8) is 0 Å². The molecule has 0 aromatic heterocycles. The van der Waals surface area contributed by atoms with Gasteiger partial charge < -0.3 is 19.9 Å². The number of aryl methyl sites for hydroxylation is 1. The number of carbonyl (C=O) groups excluding carboxylic acids is 2. The quantitative estimate of drug-likeness (QED) is 0.571. The molecular weight excluding hydrogens is 436 g/mol. The molecule has 1 amide bonds. The molecule has 1 aliphatic carbocycles. The summed E-state index contributed by atoms with van der Waals surface area (Å²) in [5.41, 5.74) is 2.31. The van der Waals surface area contributed by atoms with Gasteiger partial charge in [-0.3, -0.25) is 9.59 Å². The predicted octanol–water partition coefficient (Wildman–Crippen LogP) is 3.82. The molecule has 34 heavy (non-hydrogen) atoms. The topological polar surface area (TPSA) is 126 Å². The molecule has 1 aliphatic heterocycles. The van der Waals surface area contributed by atoms with Gasteiger partial charge in [0.15, 0.2) is 0 Å². The summed E-state index contributed by atoms with van der Waals surface area (Å²) in [6.45, 7) is 2.56. The summed E-state index contributed by atoms with van der Waals surface area (Å²) < 4.78 is 10.7. The number of rotatable bonds is 8. The molecule has 176 valence electrons. The number of fused-ring (bicyclic) bond motifs is 2. The summed E-state index contributed by atoms with van der Waals surface area (Å²) in [6, 6.07) is 12.0. The van der Waals surface area contributed by atoms with E-state index in [9.17, 15) is 24.8 Å². The third-order valence-corrected chi connectivity index (χ3v) is 6.59. The lowest BCUT2D eigenvalue weighted by Crippen LogP contribution is -2.27. The Balaban J connectivity index is 1.51. The lowest BCUT2D eigenvalue weighted by atomic mass is 9.86. The zero-order valence-electron chi connectivity index (χ0n) is 18.9. The Morgan fingerprint density at radius 2 is 2.09 bits per heavy atom. The number of ether oxygens (including phenoxy) is 2. The molecule has 2 N–H and O–H groups in total. The average Bonchev–Trinajstić information content (AvgIpc) is 3.54. The number of carbonyl (C=O) groups is 3. The summed E-state index contributed by atoms with van der Waals surface area (Å²) in [7, 11) is 0. The highest BCUT2D eigenvalue weighted by molar-refractivity contribution is 5.97. The fourth-order valence-corrected chi connectivity index (χ4v) is 4.74. The molecule has 1 heterocycles.